The summed E-state index contributed by atoms with van der Waals surface area (Å²) in [6.45, 7) is 2.83. The van der Waals surface area contributed by atoms with Crippen molar-refractivity contribution in [3.8, 4) is 11.3 Å². The minimum atomic E-state index is 0.210. The number of carbonyl (C=O) groups excluding carboxylic acids is 1. The van der Waals surface area contributed by atoms with E-state index in [1.165, 1.54) is 6.42 Å². The van der Waals surface area contributed by atoms with E-state index < -0.39 is 0 Å². The molecule has 0 saturated heterocycles. The summed E-state index contributed by atoms with van der Waals surface area (Å²) >= 11 is 0. The molecule has 2 atom stereocenters. The Labute approximate surface area is 203 Å². The molecular formula is C28H28N6O. The lowest BCUT2D eigenvalue weighted by atomic mass is 9.78. The lowest BCUT2D eigenvalue weighted by molar-refractivity contribution is 0.0936. The maximum atomic E-state index is 13.3. The molecule has 1 aliphatic carbocycles. The minimum Gasteiger partial charge on any atom is -0.294 e. The van der Waals surface area contributed by atoms with E-state index in [9.17, 15) is 4.79 Å². The first-order valence-corrected chi connectivity index (χ1v) is 12.3. The zero-order chi connectivity index (χ0) is 23.8. The Hall–Kier alpha value is -3.87. The number of nitrogens with one attached hydrogen (secondary N) is 1. The number of Topliss-reactive ketones (excluding diaryl/α,β-unsaturated/α-hetero) is 1. The van der Waals surface area contributed by atoms with Gasteiger partial charge in [0.2, 0.25) is 0 Å². The zero-order valence-electron chi connectivity index (χ0n) is 19.8. The summed E-state index contributed by atoms with van der Waals surface area (Å²) in [4.78, 5) is 22.1. The lowest BCUT2D eigenvalue weighted by Gasteiger charge is -2.28. The van der Waals surface area contributed by atoms with Crippen LogP contribution in [0.3, 0.4) is 0 Å². The minimum absolute atomic E-state index is 0.210. The molecule has 0 amide bonds. The van der Waals surface area contributed by atoms with Crippen LogP contribution < -0.4 is 0 Å². The molecule has 1 N–H and O–H groups in total. The second-order valence-electron chi connectivity index (χ2n) is 9.79. The molecular weight excluding hydrogens is 436 g/mol. The molecule has 1 aliphatic rings. The molecule has 0 aliphatic heterocycles. The number of fused-ring (bicyclic) bond motifs is 2. The Kier molecular flexibility index (Phi) is 5.60. The van der Waals surface area contributed by atoms with Crippen LogP contribution in [0.1, 0.15) is 48.2 Å². The lowest BCUT2D eigenvalue weighted by Crippen LogP contribution is -2.22. The standard InChI is InChI=1S/C28H28N6O/c1-18-12-22(9-11-29-18)27-24-15-21(7-8-25(24)32-33-27)26(35)14-19-4-2-5-20(13-19)17-34-28-23(16-31-34)6-3-10-30-28/h3,6-12,15-16,19-20H,2,4-5,13-14,17H2,1H3,(H,32,33). The fourth-order valence-corrected chi connectivity index (χ4v) is 5.52. The number of hydrogen-bond donors (Lipinski definition) is 1. The number of hydrogen-bond acceptors (Lipinski definition) is 5. The molecule has 0 bridgehead atoms. The highest BCUT2D eigenvalue weighted by atomic mass is 16.1. The fraction of sp³-hybridized carbons (Fsp3) is 0.321. The summed E-state index contributed by atoms with van der Waals surface area (Å²) < 4.78 is 2.03. The second-order valence-corrected chi connectivity index (χ2v) is 9.79. The van der Waals surface area contributed by atoms with E-state index in [0.717, 1.165) is 70.3 Å². The zero-order valence-corrected chi connectivity index (χ0v) is 19.8. The van der Waals surface area contributed by atoms with Crippen molar-refractivity contribution in [2.75, 3.05) is 0 Å². The number of nitrogens with zero attached hydrogens (tertiary/aromatic N) is 5. The summed E-state index contributed by atoms with van der Waals surface area (Å²) in [5.74, 6) is 1.13. The number of ketones is 1. The van der Waals surface area contributed by atoms with Gasteiger partial charge in [0, 0.05) is 53.0 Å². The Balaban J connectivity index is 1.17. The van der Waals surface area contributed by atoms with Gasteiger partial charge >= 0.3 is 0 Å². The predicted octanol–water partition coefficient (Wildman–Crippen LogP) is 5.76. The first-order chi connectivity index (χ1) is 17.1. The Morgan fingerprint density at radius 2 is 2.00 bits per heavy atom. The molecule has 7 nitrogen and oxygen atoms in total. The van der Waals surface area contributed by atoms with Crippen molar-refractivity contribution >= 4 is 27.7 Å². The predicted molar refractivity (Wildman–Crippen MR) is 136 cm³/mol. The number of H-pyrrole nitrogens is 1. The molecule has 1 fully saturated rings. The third-order valence-corrected chi connectivity index (χ3v) is 7.25. The largest absolute Gasteiger partial charge is 0.294 e. The molecule has 2 unspecified atom stereocenters. The third-order valence-electron chi connectivity index (χ3n) is 7.25. The van der Waals surface area contributed by atoms with Crippen LogP contribution in [0.5, 0.6) is 0 Å². The average Bonchev–Trinajstić information content (AvgIpc) is 3.48. The van der Waals surface area contributed by atoms with Gasteiger partial charge in [-0.3, -0.25) is 14.9 Å². The SMILES string of the molecule is Cc1cc(-c2n[nH]c3ccc(C(=O)CC4CCCC(Cn5ncc6cccnc65)C4)cc23)ccn1. The van der Waals surface area contributed by atoms with Crippen molar-refractivity contribution in [3.05, 3.63) is 72.3 Å². The van der Waals surface area contributed by atoms with Crippen molar-refractivity contribution in [1.29, 1.82) is 0 Å². The van der Waals surface area contributed by atoms with E-state index in [1.54, 1.807) is 6.20 Å². The third kappa shape index (κ3) is 4.34. The maximum Gasteiger partial charge on any atom is 0.163 e. The van der Waals surface area contributed by atoms with E-state index in [4.69, 9.17) is 0 Å². The summed E-state index contributed by atoms with van der Waals surface area (Å²) in [6, 6.07) is 13.8. The second kappa shape index (κ2) is 9.06. The van der Waals surface area contributed by atoms with Gasteiger partial charge in [-0.15, -0.1) is 0 Å². The van der Waals surface area contributed by atoms with Gasteiger partial charge in [-0.2, -0.15) is 10.2 Å². The highest BCUT2D eigenvalue weighted by molar-refractivity contribution is 6.02. The van der Waals surface area contributed by atoms with E-state index in [-0.39, 0.29) is 5.78 Å². The molecule has 7 heteroatoms. The smallest absolute Gasteiger partial charge is 0.163 e. The van der Waals surface area contributed by atoms with E-state index >= 15 is 0 Å². The number of aromatic amines is 1. The van der Waals surface area contributed by atoms with Crippen molar-refractivity contribution in [2.24, 2.45) is 11.8 Å². The first kappa shape index (κ1) is 21.6. The normalized spacial score (nSPS) is 18.3. The molecule has 176 valence electrons. The number of carbonyl (C=O) groups is 1. The van der Waals surface area contributed by atoms with Gasteiger partial charge in [0.1, 0.15) is 5.69 Å². The van der Waals surface area contributed by atoms with Crippen LogP contribution >= 0.6 is 0 Å². The number of benzene rings is 1. The van der Waals surface area contributed by atoms with Crippen LogP contribution in [0.2, 0.25) is 0 Å². The molecule has 1 saturated carbocycles. The first-order valence-electron chi connectivity index (χ1n) is 12.3. The van der Waals surface area contributed by atoms with Gasteiger partial charge in [-0.25, -0.2) is 9.67 Å². The van der Waals surface area contributed by atoms with Gasteiger partial charge in [0.05, 0.1) is 11.7 Å². The van der Waals surface area contributed by atoms with Crippen molar-refractivity contribution in [2.45, 2.75) is 45.6 Å². The van der Waals surface area contributed by atoms with Gasteiger partial charge < -0.3 is 0 Å². The Morgan fingerprint density at radius 1 is 1.09 bits per heavy atom. The van der Waals surface area contributed by atoms with Gasteiger partial charge in [-0.1, -0.05) is 6.42 Å². The van der Waals surface area contributed by atoms with E-state index in [1.807, 2.05) is 66.5 Å². The van der Waals surface area contributed by atoms with Crippen LogP contribution in [0.25, 0.3) is 33.2 Å². The Morgan fingerprint density at radius 3 is 2.91 bits per heavy atom. The molecule has 4 aromatic heterocycles. The molecule has 6 rings (SSSR count). The number of aryl methyl sites for hydroxylation is 1. The topological polar surface area (TPSA) is 89.4 Å². The van der Waals surface area contributed by atoms with Crippen molar-refractivity contribution in [3.63, 3.8) is 0 Å². The van der Waals surface area contributed by atoms with Crippen LogP contribution in [0.15, 0.2) is 61.1 Å². The van der Waals surface area contributed by atoms with E-state index in [2.05, 4.69) is 25.3 Å². The molecule has 5 aromatic rings. The molecule has 1 aromatic carbocycles. The number of rotatable bonds is 6. The van der Waals surface area contributed by atoms with Gasteiger partial charge in [-0.05, 0) is 80.5 Å². The van der Waals surface area contributed by atoms with Crippen molar-refractivity contribution in [1.82, 2.24) is 29.9 Å². The van der Waals surface area contributed by atoms with Gasteiger partial charge in [0.15, 0.2) is 11.4 Å². The summed E-state index contributed by atoms with van der Waals surface area (Å²) in [5, 5.41) is 14.2. The fourth-order valence-electron chi connectivity index (χ4n) is 5.52. The highest BCUT2D eigenvalue weighted by Gasteiger charge is 2.25. The Bertz CT molecular complexity index is 1520. The highest BCUT2D eigenvalue weighted by Crippen LogP contribution is 2.34. The number of aromatic nitrogens is 6. The average molecular weight is 465 g/mol. The van der Waals surface area contributed by atoms with Crippen molar-refractivity contribution < 1.29 is 4.79 Å². The van der Waals surface area contributed by atoms with Crippen LogP contribution in [0, 0.1) is 18.8 Å². The molecule has 0 spiro atoms. The quantitative estimate of drug-likeness (QED) is 0.323. The summed E-state index contributed by atoms with van der Waals surface area (Å²) in [7, 11) is 0. The summed E-state index contributed by atoms with van der Waals surface area (Å²) in [6.07, 6.45) is 10.6. The van der Waals surface area contributed by atoms with Crippen LogP contribution in [0.4, 0.5) is 0 Å². The monoisotopic (exact) mass is 464 g/mol. The summed E-state index contributed by atoms with van der Waals surface area (Å²) in [5.41, 5.74) is 5.44. The maximum absolute atomic E-state index is 13.3. The van der Waals surface area contributed by atoms with Gasteiger partial charge in [0.25, 0.3) is 0 Å². The molecule has 0 radical (unpaired) electrons. The molecule has 35 heavy (non-hydrogen) atoms. The number of pyridine rings is 2. The molecule has 4 heterocycles. The van der Waals surface area contributed by atoms with E-state index in [0.29, 0.717) is 18.3 Å². The van der Waals surface area contributed by atoms with Crippen LogP contribution in [-0.2, 0) is 6.54 Å². The van der Waals surface area contributed by atoms with Crippen LogP contribution in [-0.4, -0.2) is 35.7 Å².